The number of benzene rings is 1. The van der Waals surface area contributed by atoms with Gasteiger partial charge in [0.25, 0.3) is 0 Å². The van der Waals surface area contributed by atoms with Gasteiger partial charge in [-0.05, 0) is 49.3 Å². The Morgan fingerprint density at radius 3 is 1.98 bits per heavy atom. The summed E-state index contributed by atoms with van der Waals surface area (Å²) in [6, 6.07) is 3.74. The molecule has 2 saturated heterocycles. The Labute approximate surface area is 228 Å². The van der Waals surface area contributed by atoms with E-state index in [9.17, 15) is 38.3 Å². The van der Waals surface area contributed by atoms with Crippen LogP contribution in [0.5, 0.6) is 5.75 Å². The molecule has 4 aliphatic rings. The number of hydrogen-bond donors (Lipinski definition) is 3. The van der Waals surface area contributed by atoms with Crippen molar-refractivity contribution in [1.82, 2.24) is 9.80 Å². The maximum Gasteiger partial charge on any atom is 0.303 e. The summed E-state index contributed by atoms with van der Waals surface area (Å²) in [6.45, 7) is -0.120. The van der Waals surface area contributed by atoms with E-state index in [0.717, 1.165) is 21.9 Å². The third-order valence-electron chi connectivity index (χ3n) is 8.71. The summed E-state index contributed by atoms with van der Waals surface area (Å²) in [7, 11) is 0. The first kappa shape index (κ1) is 27.5. The van der Waals surface area contributed by atoms with Crippen LogP contribution < -0.4 is 0 Å². The van der Waals surface area contributed by atoms with Gasteiger partial charge in [-0.2, -0.15) is 0 Å². The molecule has 1 aromatic rings. The second-order valence-electron chi connectivity index (χ2n) is 10.9. The molecule has 1 saturated carbocycles. The van der Waals surface area contributed by atoms with E-state index in [1.807, 2.05) is 0 Å². The van der Waals surface area contributed by atoms with Gasteiger partial charge in [0.1, 0.15) is 0 Å². The van der Waals surface area contributed by atoms with Gasteiger partial charge in [0, 0.05) is 31.8 Å². The highest BCUT2D eigenvalue weighted by Gasteiger charge is 2.61. The molecule has 0 bridgehead atoms. The molecule has 212 valence electrons. The number of likely N-dealkylation sites (tertiary alicyclic amines) is 2. The van der Waals surface area contributed by atoms with Crippen LogP contribution in [0.4, 0.5) is 4.39 Å². The summed E-state index contributed by atoms with van der Waals surface area (Å²) in [5, 5.41) is 27.7. The van der Waals surface area contributed by atoms with Crippen LogP contribution in [0.2, 0.25) is 0 Å². The van der Waals surface area contributed by atoms with E-state index in [1.54, 1.807) is 6.08 Å². The fraction of sp³-hybridized carbons (Fsp3) is 0.500. The van der Waals surface area contributed by atoms with Crippen molar-refractivity contribution in [1.29, 1.82) is 0 Å². The molecule has 0 aromatic heterocycles. The summed E-state index contributed by atoms with van der Waals surface area (Å²) in [6.07, 6.45) is 1.87. The average molecular weight is 557 g/mol. The van der Waals surface area contributed by atoms with Crippen LogP contribution in [0.3, 0.4) is 0 Å². The summed E-state index contributed by atoms with van der Waals surface area (Å²) >= 11 is 0. The second-order valence-corrected chi connectivity index (χ2v) is 10.9. The number of imide groups is 2. The Balaban J connectivity index is 1.51. The lowest BCUT2D eigenvalue weighted by Crippen LogP contribution is -2.43. The number of halogens is 1. The van der Waals surface area contributed by atoms with Gasteiger partial charge in [0.05, 0.1) is 23.7 Å². The van der Waals surface area contributed by atoms with Gasteiger partial charge in [-0.15, -0.1) is 0 Å². The highest BCUT2D eigenvalue weighted by atomic mass is 19.1. The predicted molar refractivity (Wildman–Crippen MR) is 133 cm³/mol. The number of hydrogen-bond acceptors (Lipinski definition) is 7. The number of nitrogens with zero attached hydrogens (tertiary/aromatic N) is 2. The predicted octanol–water partition coefficient (Wildman–Crippen LogP) is 1.90. The number of carbonyl (C=O) groups excluding carboxylic acids is 4. The molecule has 6 unspecified atom stereocenters. The molecule has 6 atom stereocenters. The number of rotatable bonds is 9. The molecule has 4 amide bonds. The number of carbonyl (C=O) groups is 6. The maximum absolute atomic E-state index is 14.5. The minimum Gasteiger partial charge on any atom is -0.505 e. The number of fused-ring (bicyclic) bond motifs is 4. The molecule has 0 spiro atoms. The zero-order valence-corrected chi connectivity index (χ0v) is 21.5. The summed E-state index contributed by atoms with van der Waals surface area (Å²) in [4.78, 5) is 77.9. The molecule has 11 nitrogen and oxygen atoms in total. The molecular formula is C28H29FN2O9. The SMILES string of the molecule is O=C(O)CCCN1C(=O)C2CC=C3C(CC4C(=O)N(CCCC(=O)O)C(=O)C4C3c3ccc(O)c(F)c3)C2C1=O. The molecule has 12 heteroatoms. The molecule has 1 aromatic carbocycles. The third kappa shape index (κ3) is 4.54. The normalized spacial score (nSPS) is 29.3. The van der Waals surface area contributed by atoms with Gasteiger partial charge in [-0.1, -0.05) is 17.7 Å². The van der Waals surface area contributed by atoms with Crippen molar-refractivity contribution in [3.05, 3.63) is 41.2 Å². The smallest absolute Gasteiger partial charge is 0.303 e. The molecule has 2 aliphatic heterocycles. The summed E-state index contributed by atoms with van der Waals surface area (Å²) < 4.78 is 14.5. The first-order valence-electron chi connectivity index (χ1n) is 13.3. The number of phenolic OH excluding ortho intramolecular Hbond substituents is 1. The van der Waals surface area contributed by atoms with E-state index in [-0.39, 0.29) is 51.6 Å². The molecule has 5 rings (SSSR count). The Hall–Kier alpha value is -4.09. The van der Waals surface area contributed by atoms with Crippen LogP contribution in [0.1, 0.15) is 50.0 Å². The van der Waals surface area contributed by atoms with E-state index in [1.165, 1.54) is 6.07 Å². The molecule has 2 heterocycles. The van der Waals surface area contributed by atoms with E-state index in [4.69, 9.17) is 10.2 Å². The number of allylic oxidation sites excluding steroid dienone is 2. The second kappa shape index (κ2) is 10.5. The quantitative estimate of drug-likeness (QED) is 0.304. The minimum atomic E-state index is -1.06. The number of carboxylic acids is 2. The van der Waals surface area contributed by atoms with E-state index < -0.39 is 82.6 Å². The lowest BCUT2D eigenvalue weighted by Gasteiger charge is -2.44. The van der Waals surface area contributed by atoms with Gasteiger partial charge in [0.15, 0.2) is 11.6 Å². The van der Waals surface area contributed by atoms with Crippen molar-refractivity contribution in [2.45, 2.75) is 44.4 Å². The molecule has 2 aliphatic carbocycles. The number of amides is 4. The van der Waals surface area contributed by atoms with Crippen LogP contribution in [0.15, 0.2) is 29.8 Å². The number of carboxylic acid groups (broad SMARTS) is 2. The van der Waals surface area contributed by atoms with Crippen molar-refractivity contribution < 1.29 is 48.5 Å². The minimum absolute atomic E-state index is 0.0353. The highest BCUT2D eigenvalue weighted by Crippen LogP contribution is 2.58. The van der Waals surface area contributed by atoms with Gasteiger partial charge < -0.3 is 15.3 Å². The van der Waals surface area contributed by atoms with E-state index in [0.29, 0.717) is 11.1 Å². The van der Waals surface area contributed by atoms with Crippen molar-refractivity contribution in [2.24, 2.45) is 29.6 Å². The Morgan fingerprint density at radius 1 is 0.825 bits per heavy atom. The van der Waals surface area contributed by atoms with Crippen LogP contribution >= 0.6 is 0 Å². The maximum atomic E-state index is 14.5. The zero-order chi connectivity index (χ0) is 28.9. The largest absolute Gasteiger partial charge is 0.505 e. The van der Waals surface area contributed by atoms with Gasteiger partial charge in [-0.25, -0.2) is 4.39 Å². The lowest BCUT2D eigenvalue weighted by molar-refractivity contribution is -0.143. The van der Waals surface area contributed by atoms with Crippen LogP contribution in [-0.2, 0) is 28.8 Å². The van der Waals surface area contributed by atoms with Crippen molar-refractivity contribution in [3.63, 3.8) is 0 Å². The van der Waals surface area contributed by atoms with Crippen LogP contribution in [0.25, 0.3) is 0 Å². The van der Waals surface area contributed by atoms with Crippen molar-refractivity contribution in [2.75, 3.05) is 13.1 Å². The van der Waals surface area contributed by atoms with E-state index >= 15 is 0 Å². The first-order valence-corrected chi connectivity index (χ1v) is 13.3. The average Bonchev–Trinajstić information content (AvgIpc) is 3.28. The monoisotopic (exact) mass is 556 g/mol. The van der Waals surface area contributed by atoms with Crippen LogP contribution in [0, 0.1) is 35.4 Å². The fourth-order valence-electron chi connectivity index (χ4n) is 7.03. The topological polar surface area (TPSA) is 170 Å². The fourth-order valence-corrected chi connectivity index (χ4v) is 7.03. The number of phenols is 1. The molecule has 40 heavy (non-hydrogen) atoms. The standard InChI is InChI=1S/C28H29FN2O9/c29-18-11-13(5-8-19(18)32)22-14-6-7-15-23(27(39)30(25(15)37)9-1-3-20(33)34)16(14)12-17-24(22)28(40)31(26(17)38)10-2-4-21(35)36/h5-6,8,11,15-17,22-24,32H,1-4,7,9-10,12H2,(H,33,34)(H,35,36). The lowest BCUT2D eigenvalue weighted by atomic mass is 9.57. The van der Waals surface area contributed by atoms with Crippen molar-refractivity contribution >= 4 is 35.6 Å². The zero-order valence-electron chi connectivity index (χ0n) is 21.5. The highest BCUT2D eigenvalue weighted by molar-refractivity contribution is 6.08. The summed E-state index contributed by atoms with van der Waals surface area (Å²) in [5.74, 6) is -10.0. The molecular weight excluding hydrogens is 527 g/mol. The molecule has 0 radical (unpaired) electrons. The van der Waals surface area contributed by atoms with Gasteiger partial charge in [0.2, 0.25) is 23.6 Å². The molecule has 3 N–H and O–H groups in total. The number of aliphatic carboxylic acids is 2. The molecule has 3 fully saturated rings. The van der Waals surface area contributed by atoms with Crippen molar-refractivity contribution in [3.8, 4) is 5.75 Å². The third-order valence-corrected chi connectivity index (χ3v) is 8.71. The Morgan fingerprint density at radius 2 is 1.40 bits per heavy atom. The first-order chi connectivity index (χ1) is 19.0. The van der Waals surface area contributed by atoms with Gasteiger partial charge in [-0.3, -0.25) is 38.6 Å². The Bertz CT molecular complexity index is 1340. The van der Waals surface area contributed by atoms with E-state index in [2.05, 4.69) is 0 Å². The Kier molecular flexibility index (Phi) is 7.19. The number of aromatic hydroxyl groups is 1. The van der Waals surface area contributed by atoms with Gasteiger partial charge >= 0.3 is 11.9 Å². The van der Waals surface area contributed by atoms with Crippen LogP contribution in [-0.4, -0.2) is 73.8 Å². The summed E-state index contributed by atoms with van der Waals surface area (Å²) in [5.41, 5.74) is 1.01.